The van der Waals surface area contributed by atoms with Gasteiger partial charge in [-0.25, -0.2) is 0 Å². The van der Waals surface area contributed by atoms with Crippen LogP contribution in [0.1, 0.15) is 16.5 Å². The molecule has 120 valence electrons. The second-order valence-corrected chi connectivity index (χ2v) is 6.53. The molecule has 0 N–H and O–H groups in total. The van der Waals surface area contributed by atoms with Crippen molar-refractivity contribution in [1.29, 1.82) is 0 Å². The molecule has 0 spiro atoms. The molecule has 2 aromatic carbocycles. The van der Waals surface area contributed by atoms with E-state index >= 15 is 0 Å². The van der Waals surface area contributed by atoms with E-state index in [1.165, 1.54) is 28.8 Å². The van der Waals surface area contributed by atoms with Crippen molar-refractivity contribution in [2.45, 2.75) is 11.6 Å². The normalized spacial score (nSPS) is 18.5. The first-order valence-corrected chi connectivity index (χ1v) is 8.15. The number of hydrogen-bond donors (Lipinski definition) is 0. The van der Waals surface area contributed by atoms with Crippen LogP contribution >= 0.6 is 23.4 Å². The van der Waals surface area contributed by atoms with Gasteiger partial charge >= 0.3 is 6.18 Å². The van der Waals surface area contributed by atoms with Gasteiger partial charge < -0.3 is 0 Å². The van der Waals surface area contributed by atoms with Crippen molar-refractivity contribution in [2.75, 3.05) is 10.7 Å². The summed E-state index contributed by atoms with van der Waals surface area (Å²) in [5.74, 6) is 0.137. The monoisotopic (exact) mass is 357 g/mol. The first-order valence-electron chi connectivity index (χ1n) is 6.72. The lowest BCUT2D eigenvalue weighted by molar-refractivity contribution is -0.137. The van der Waals surface area contributed by atoms with Gasteiger partial charge in [0, 0.05) is 10.7 Å². The van der Waals surface area contributed by atoms with E-state index in [4.69, 9.17) is 11.6 Å². The highest BCUT2D eigenvalue weighted by molar-refractivity contribution is 8.00. The van der Waals surface area contributed by atoms with Crippen LogP contribution in [0.15, 0.2) is 48.5 Å². The first-order chi connectivity index (χ1) is 10.9. The Kier molecular flexibility index (Phi) is 4.29. The number of halogens is 4. The third-order valence-electron chi connectivity index (χ3n) is 3.47. The number of anilines is 1. The summed E-state index contributed by atoms with van der Waals surface area (Å²) >= 11 is 7.41. The summed E-state index contributed by atoms with van der Waals surface area (Å²) in [5.41, 5.74) is 0.547. The lowest BCUT2D eigenvalue weighted by atomic mass is 10.1. The van der Waals surface area contributed by atoms with Crippen LogP contribution in [0.3, 0.4) is 0 Å². The van der Waals surface area contributed by atoms with Crippen LogP contribution in [-0.4, -0.2) is 11.7 Å². The van der Waals surface area contributed by atoms with Crippen molar-refractivity contribution in [2.24, 2.45) is 0 Å². The molecule has 0 radical (unpaired) electrons. The van der Waals surface area contributed by atoms with E-state index in [0.717, 1.165) is 17.7 Å². The van der Waals surface area contributed by atoms with Gasteiger partial charge in [-0.15, -0.1) is 11.8 Å². The third kappa shape index (κ3) is 3.33. The standard InChI is InChI=1S/C16H11ClF3NOS/c17-12-3-1-2-10(8-12)15-21(14(22)9-23-15)13-6-4-11(5-7-13)16(18,19)20/h1-8,15H,9H2/t15-/m1/s1. The highest BCUT2D eigenvalue weighted by Gasteiger charge is 2.35. The number of carbonyl (C=O) groups excluding carboxylic acids is 1. The van der Waals surface area contributed by atoms with Crippen molar-refractivity contribution in [3.8, 4) is 0 Å². The van der Waals surface area contributed by atoms with Gasteiger partial charge in [-0.05, 0) is 42.0 Å². The quantitative estimate of drug-likeness (QED) is 0.742. The number of benzene rings is 2. The van der Waals surface area contributed by atoms with Crippen LogP contribution in [0, 0.1) is 0 Å². The minimum absolute atomic E-state index is 0.139. The number of carbonyl (C=O) groups is 1. The fourth-order valence-electron chi connectivity index (χ4n) is 2.42. The number of nitrogens with zero attached hydrogens (tertiary/aromatic N) is 1. The Hall–Kier alpha value is -1.66. The number of hydrogen-bond acceptors (Lipinski definition) is 2. The molecule has 2 nitrogen and oxygen atoms in total. The molecule has 0 bridgehead atoms. The Morgan fingerprint density at radius 1 is 1.13 bits per heavy atom. The van der Waals surface area contributed by atoms with Gasteiger partial charge in [0.05, 0.1) is 11.3 Å². The van der Waals surface area contributed by atoms with Gasteiger partial charge in [0.15, 0.2) is 0 Å². The van der Waals surface area contributed by atoms with Gasteiger partial charge in [0.1, 0.15) is 5.37 Å². The molecule has 0 saturated carbocycles. The summed E-state index contributed by atoms with van der Waals surface area (Å²) in [6.07, 6.45) is -4.39. The van der Waals surface area contributed by atoms with E-state index in [-0.39, 0.29) is 17.0 Å². The fraction of sp³-hybridized carbons (Fsp3) is 0.188. The molecule has 1 aliphatic rings. The van der Waals surface area contributed by atoms with Crippen LogP contribution in [0.5, 0.6) is 0 Å². The summed E-state index contributed by atoms with van der Waals surface area (Å²) < 4.78 is 38.0. The maximum absolute atomic E-state index is 12.7. The second-order valence-electron chi connectivity index (χ2n) is 5.03. The summed E-state index contributed by atoms with van der Waals surface area (Å²) in [6.45, 7) is 0. The van der Waals surface area contributed by atoms with Crippen molar-refractivity contribution in [1.82, 2.24) is 0 Å². The van der Waals surface area contributed by atoms with Crippen molar-refractivity contribution in [3.05, 3.63) is 64.7 Å². The molecule has 1 aliphatic heterocycles. The van der Waals surface area contributed by atoms with Crippen molar-refractivity contribution < 1.29 is 18.0 Å². The Labute approximate surface area is 140 Å². The highest BCUT2D eigenvalue weighted by atomic mass is 35.5. The zero-order valence-electron chi connectivity index (χ0n) is 11.7. The summed E-state index contributed by atoms with van der Waals surface area (Å²) in [7, 11) is 0. The predicted molar refractivity (Wildman–Crippen MR) is 85.6 cm³/mol. The molecular weight excluding hydrogens is 347 g/mol. The average Bonchev–Trinajstić information content (AvgIpc) is 2.88. The second kappa shape index (κ2) is 6.09. The lowest BCUT2D eigenvalue weighted by Gasteiger charge is -2.24. The summed E-state index contributed by atoms with van der Waals surface area (Å²) in [5, 5.41) is 0.257. The molecule has 2 aromatic rings. The van der Waals surface area contributed by atoms with Crippen LogP contribution in [0.2, 0.25) is 5.02 Å². The molecule has 7 heteroatoms. The third-order valence-corrected chi connectivity index (χ3v) is 4.92. The number of rotatable bonds is 2. The van der Waals surface area contributed by atoms with E-state index < -0.39 is 11.7 Å². The number of thioether (sulfide) groups is 1. The minimum Gasteiger partial charge on any atom is -0.295 e. The largest absolute Gasteiger partial charge is 0.416 e. The first kappa shape index (κ1) is 16.2. The maximum atomic E-state index is 12.7. The zero-order chi connectivity index (χ0) is 16.6. The van der Waals surface area contributed by atoms with Gasteiger partial charge in [0.25, 0.3) is 0 Å². The molecule has 1 fully saturated rings. The van der Waals surface area contributed by atoms with E-state index in [1.54, 1.807) is 18.2 Å². The maximum Gasteiger partial charge on any atom is 0.416 e. The lowest BCUT2D eigenvalue weighted by Crippen LogP contribution is -2.27. The van der Waals surface area contributed by atoms with Crippen LogP contribution in [0.25, 0.3) is 0 Å². The van der Waals surface area contributed by atoms with E-state index in [9.17, 15) is 18.0 Å². The molecule has 0 aliphatic carbocycles. The Balaban J connectivity index is 1.94. The minimum atomic E-state index is -4.39. The molecule has 1 atom stereocenters. The van der Waals surface area contributed by atoms with Gasteiger partial charge in [-0.3, -0.25) is 9.69 Å². The van der Waals surface area contributed by atoms with Gasteiger partial charge in [0.2, 0.25) is 5.91 Å². The molecular formula is C16H11ClF3NOS. The van der Waals surface area contributed by atoms with E-state index in [0.29, 0.717) is 10.7 Å². The molecule has 1 amide bonds. The average molecular weight is 358 g/mol. The Morgan fingerprint density at radius 2 is 1.83 bits per heavy atom. The topological polar surface area (TPSA) is 20.3 Å². The van der Waals surface area contributed by atoms with Crippen LogP contribution < -0.4 is 4.90 Å². The fourth-order valence-corrected chi connectivity index (χ4v) is 3.79. The molecule has 3 rings (SSSR count). The SMILES string of the molecule is O=C1CS[C@H](c2cccc(Cl)c2)N1c1ccc(C(F)(F)F)cc1. The molecule has 23 heavy (non-hydrogen) atoms. The number of amides is 1. The Morgan fingerprint density at radius 3 is 2.43 bits per heavy atom. The van der Waals surface area contributed by atoms with E-state index in [2.05, 4.69) is 0 Å². The highest BCUT2D eigenvalue weighted by Crippen LogP contribution is 2.42. The van der Waals surface area contributed by atoms with Gasteiger partial charge in [-0.2, -0.15) is 13.2 Å². The Bertz CT molecular complexity index is 733. The molecule has 0 unspecified atom stereocenters. The summed E-state index contributed by atoms with van der Waals surface area (Å²) in [6, 6.07) is 11.7. The van der Waals surface area contributed by atoms with Crippen molar-refractivity contribution in [3.63, 3.8) is 0 Å². The van der Waals surface area contributed by atoms with Crippen LogP contribution in [0.4, 0.5) is 18.9 Å². The predicted octanol–water partition coefficient (Wildman–Crippen LogP) is 5.14. The van der Waals surface area contributed by atoms with Crippen LogP contribution in [-0.2, 0) is 11.0 Å². The molecule has 0 aromatic heterocycles. The van der Waals surface area contributed by atoms with Gasteiger partial charge in [-0.1, -0.05) is 23.7 Å². The van der Waals surface area contributed by atoms with Crippen molar-refractivity contribution >= 4 is 35.0 Å². The smallest absolute Gasteiger partial charge is 0.295 e. The molecule has 1 saturated heterocycles. The van der Waals surface area contributed by atoms with E-state index in [1.807, 2.05) is 6.07 Å². The zero-order valence-corrected chi connectivity index (χ0v) is 13.3. The molecule has 1 heterocycles. The number of alkyl halides is 3. The summed E-state index contributed by atoms with van der Waals surface area (Å²) in [4.78, 5) is 13.7.